The van der Waals surface area contributed by atoms with Crippen LogP contribution in [0.3, 0.4) is 0 Å². The van der Waals surface area contributed by atoms with Crippen molar-refractivity contribution in [3.05, 3.63) is 40.6 Å². The molecule has 1 saturated heterocycles. The maximum absolute atomic E-state index is 13.4. The van der Waals surface area contributed by atoms with E-state index >= 15 is 0 Å². The summed E-state index contributed by atoms with van der Waals surface area (Å²) in [5.41, 5.74) is -0.916. The predicted octanol–water partition coefficient (Wildman–Crippen LogP) is -0.236. The van der Waals surface area contributed by atoms with Crippen molar-refractivity contribution in [3.63, 3.8) is 0 Å². The molecule has 0 saturated carbocycles. The zero-order chi connectivity index (χ0) is 24.7. The van der Waals surface area contributed by atoms with E-state index in [1.54, 1.807) is 0 Å². The minimum atomic E-state index is -1.83. The summed E-state index contributed by atoms with van der Waals surface area (Å²) in [4.78, 5) is 13.4. The van der Waals surface area contributed by atoms with E-state index < -0.39 is 65.4 Å². The second kappa shape index (κ2) is 9.00. The second-order valence-electron chi connectivity index (χ2n) is 7.60. The summed E-state index contributed by atoms with van der Waals surface area (Å²) < 4.78 is 21.7. The van der Waals surface area contributed by atoms with Gasteiger partial charge < -0.3 is 54.4 Å². The van der Waals surface area contributed by atoms with Gasteiger partial charge in [0.2, 0.25) is 23.2 Å². The first kappa shape index (κ1) is 23.6. The lowest BCUT2D eigenvalue weighted by Gasteiger charge is -2.39. The fourth-order valence-electron chi connectivity index (χ4n) is 3.63. The molecule has 182 valence electrons. The summed E-state index contributed by atoms with van der Waals surface area (Å²) in [6.07, 6.45) is -8.31. The van der Waals surface area contributed by atoms with Crippen LogP contribution >= 0.6 is 0 Å². The fraction of sp³-hybridized carbons (Fsp3) is 0.318. The summed E-state index contributed by atoms with van der Waals surface area (Å²) in [5, 5.41) is 69.5. The highest BCUT2D eigenvalue weighted by molar-refractivity contribution is 5.91. The van der Waals surface area contributed by atoms with Crippen molar-refractivity contribution in [1.29, 1.82) is 0 Å². The predicted molar refractivity (Wildman–Crippen MR) is 114 cm³/mol. The Balaban J connectivity index is 1.92. The van der Waals surface area contributed by atoms with E-state index in [1.807, 2.05) is 0 Å². The van der Waals surface area contributed by atoms with E-state index in [-0.39, 0.29) is 28.4 Å². The van der Waals surface area contributed by atoms with E-state index in [1.165, 1.54) is 37.4 Å². The summed E-state index contributed by atoms with van der Waals surface area (Å²) in [5.74, 6) is -2.61. The smallest absolute Gasteiger partial charge is 0.239 e. The van der Waals surface area contributed by atoms with Gasteiger partial charge >= 0.3 is 0 Å². The summed E-state index contributed by atoms with van der Waals surface area (Å²) in [6, 6.07) is 6.60. The van der Waals surface area contributed by atoms with Gasteiger partial charge in [0.25, 0.3) is 0 Å². The zero-order valence-corrected chi connectivity index (χ0v) is 17.7. The van der Waals surface area contributed by atoms with Crippen LogP contribution in [0.25, 0.3) is 22.3 Å². The molecule has 2 aromatic carbocycles. The van der Waals surface area contributed by atoms with Crippen molar-refractivity contribution in [2.75, 3.05) is 13.7 Å². The van der Waals surface area contributed by atoms with Crippen LogP contribution in [0.1, 0.15) is 0 Å². The van der Waals surface area contributed by atoms with Crippen molar-refractivity contribution in [2.45, 2.75) is 30.7 Å². The molecule has 1 aliphatic rings. The Morgan fingerprint density at radius 3 is 2.26 bits per heavy atom. The molecular weight excluding hydrogens is 456 g/mol. The first-order valence-electron chi connectivity index (χ1n) is 10.0. The third-order valence-electron chi connectivity index (χ3n) is 5.49. The molecule has 0 bridgehead atoms. The van der Waals surface area contributed by atoms with Gasteiger partial charge in [-0.15, -0.1) is 0 Å². The number of aliphatic hydroxyl groups is 4. The van der Waals surface area contributed by atoms with Crippen LogP contribution in [-0.2, 0) is 4.74 Å². The highest BCUT2D eigenvalue weighted by Crippen LogP contribution is 2.43. The molecule has 0 unspecified atom stereocenters. The molecule has 0 amide bonds. The number of fused-ring (bicyclic) bond motifs is 1. The molecule has 1 aromatic heterocycles. The number of hydrogen-bond acceptors (Lipinski definition) is 12. The normalized spacial score (nSPS) is 24.8. The van der Waals surface area contributed by atoms with Crippen LogP contribution in [-0.4, -0.2) is 80.2 Å². The Morgan fingerprint density at radius 1 is 0.971 bits per heavy atom. The Morgan fingerprint density at radius 2 is 1.65 bits per heavy atom. The number of aromatic hydroxyl groups is 3. The number of phenolic OH excluding ortho intramolecular Hbond substituents is 3. The summed E-state index contributed by atoms with van der Waals surface area (Å²) in [6.45, 7) is -0.726. The summed E-state index contributed by atoms with van der Waals surface area (Å²) in [7, 11) is 1.23. The van der Waals surface area contributed by atoms with Gasteiger partial charge in [0.15, 0.2) is 17.3 Å². The van der Waals surface area contributed by atoms with Crippen molar-refractivity contribution >= 4 is 11.0 Å². The Bertz CT molecular complexity index is 1250. The molecule has 5 atom stereocenters. The number of methoxy groups -OCH3 is 1. The molecule has 0 spiro atoms. The van der Waals surface area contributed by atoms with E-state index in [9.17, 15) is 40.5 Å². The molecular formula is C22H22O12. The van der Waals surface area contributed by atoms with E-state index in [4.69, 9.17) is 18.6 Å². The second-order valence-corrected chi connectivity index (χ2v) is 7.60. The minimum absolute atomic E-state index is 0.0764. The van der Waals surface area contributed by atoms with Crippen molar-refractivity contribution in [2.24, 2.45) is 0 Å². The maximum atomic E-state index is 13.4. The minimum Gasteiger partial charge on any atom is -0.508 e. The highest BCUT2D eigenvalue weighted by Gasteiger charge is 2.45. The highest BCUT2D eigenvalue weighted by atomic mass is 16.7. The van der Waals surface area contributed by atoms with Crippen LogP contribution in [0.5, 0.6) is 28.7 Å². The van der Waals surface area contributed by atoms with Gasteiger partial charge in [-0.1, -0.05) is 0 Å². The molecule has 2 heterocycles. The Hall–Kier alpha value is -3.55. The maximum Gasteiger partial charge on any atom is 0.239 e. The average molecular weight is 478 g/mol. The standard InChI is InChI=1S/C22H22O12/c1-31-11-6-10-13(16(27)14(11)25)17(28)21(20(32-10)8-2-4-9(24)5-3-8)34-22-19(30)18(29)15(26)12(7-23)33-22/h2-6,12,15,18-19,22-27,29-30H,7H2,1H3/t12-,15-,18+,19-,22-/m1/s1. The number of rotatable bonds is 5. The first-order chi connectivity index (χ1) is 16.2. The van der Waals surface area contributed by atoms with Gasteiger partial charge in [-0.05, 0) is 24.3 Å². The van der Waals surface area contributed by atoms with Gasteiger partial charge in [-0.3, -0.25) is 4.79 Å². The van der Waals surface area contributed by atoms with Crippen LogP contribution < -0.4 is 14.9 Å². The lowest BCUT2D eigenvalue weighted by molar-refractivity contribution is -0.277. The Kier molecular flexibility index (Phi) is 6.25. The van der Waals surface area contributed by atoms with Gasteiger partial charge in [-0.2, -0.15) is 0 Å². The average Bonchev–Trinajstić information content (AvgIpc) is 2.83. The monoisotopic (exact) mass is 478 g/mol. The van der Waals surface area contributed by atoms with Crippen LogP contribution in [0.15, 0.2) is 39.5 Å². The fourth-order valence-corrected chi connectivity index (χ4v) is 3.63. The van der Waals surface area contributed by atoms with Crippen LogP contribution in [0.2, 0.25) is 0 Å². The molecule has 12 heteroatoms. The van der Waals surface area contributed by atoms with Crippen LogP contribution in [0, 0.1) is 0 Å². The molecule has 12 nitrogen and oxygen atoms in total. The van der Waals surface area contributed by atoms with Crippen molar-refractivity contribution in [1.82, 2.24) is 0 Å². The summed E-state index contributed by atoms with van der Waals surface area (Å²) >= 11 is 0. The zero-order valence-electron chi connectivity index (χ0n) is 17.7. The molecule has 34 heavy (non-hydrogen) atoms. The molecule has 4 rings (SSSR count). The first-order valence-corrected chi connectivity index (χ1v) is 10.0. The Labute approximate surface area is 191 Å². The molecule has 1 fully saturated rings. The number of aliphatic hydroxyl groups excluding tert-OH is 4. The molecule has 7 N–H and O–H groups in total. The van der Waals surface area contributed by atoms with Crippen molar-refractivity contribution in [3.8, 4) is 40.1 Å². The van der Waals surface area contributed by atoms with E-state index in [0.717, 1.165) is 0 Å². The SMILES string of the molecule is COc1cc2oc(-c3ccc(O)cc3)c(O[C@H]3O[C@H](CO)[C@@H](O)[C@H](O)[C@H]3O)c(=O)c2c(O)c1O. The quantitative estimate of drug-likeness (QED) is 0.238. The third kappa shape index (κ3) is 3.87. The topological polar surface area (TPSA) is 200 Å². The molecule has 0 aliphatic carbocycles. The third-order valence-corrected chi connectivity index (χ3v) is 5.49. The number of hydrogen-bond donors (Lipinski definition) is 7. The van der Waals surface area contributed by atoms with Crippen molar-refractivity contribution < 1.29 is 54.4 Å². The lowest BCUT2D eigenvalue weighted by atomic mass is 9.99. The molecule has 0 radical (unpaired) electrons. The van der Waals surface area contributed by atoms with Gasteiger partial charge in [-0.25, -0.2) is 0 Å². The lowest BCUT2D eigenvalue weighted by Crippen LogP contribution is -2.60. The van der Waals surface area contributed by atoms with Gasteiger partial charge in [0.05, 0.1) is 13.7 Å². The van der Waals surface area contributed by atoms with Crippen LogP contribution in [0.4, 0.5) is 0 Å². The molecule has 1 aliphatic heterocycles. The number of ether oxygens (including phenoxy) is 3. The number of phenols is 3. The van der Waals surface area contributed by atoms with Gasteiger partial charge in [0, 0.05) is 11.6 Å². The van der Waals surface area contributed by atoms with E-state index in [0.29, 0.717) is 0 Å². The van der Waals surface area contributed by atoms with E-state index in [2.05, 4.69) is 0 Å². The largest absolute Gasteiger partial charge is 0.508 e. The molecule has 3 aromatic rings. The number of benzene rings is 2. The van der Waals surface area contributed by atoms with Gasteiger partial charge in [0.1, 0.15) is 41.1 Å².